The van der Waals surface area contributed by atoms with Gasteiger partial charge < -0.3 is 9.64 Å². The molecule has 1 aromatic carbocycles. The third kappa shape index (κ3) is 3.68. The molecule has 0 aliphatic carbocycles. The number of carbonyl (C=O) groups is 1. The molecule has 0 spiro atoms. The van der Waals surface area contributed by atoms with E-state index in [1.165, 1.54) is 23.1 Å². The minimum absolute atomic E-state index is 0.145. The number of halogens is 3. The molecular weight excluding hydrogens is 299 g/mol. The van der Waals surface area contributed by atoms with Gasteiger partial charge in [0.05, 0.1) is 11.6 Å². The van der Waals surface area contributed by atoms with E-state index in [0.29, 0.717) is 13.1 Å². The van der Waals surface area contributed by atoms with Gasteiger partial charge in [-0.15, -0.1) is 13.2 Å². The van der Waals surface area contributed by atoms with E-state index in [1.807, 2.05) is 0 Å². The summed E-state index contributed by atoms with van der Waals surface area (Å²) in [7, 11) is 1.76. The molecule has 1 fully saturated rings. The summed E-state index contributed by atoms with van der Waals surface area (Å²) >= 11 is 0. The van der Waals surface area contributed by atoms with E-state index in [9.17, 15) is 18.0 Å². The Balaban J connectivity index is 2.21. The molecule has 0 saturated carbocycles. The molecule has 1 heterocycles. The van der Waals surface area contributed by atoms with Crippen LogP contribution in [0.1, 0.15) is 10.4 Å². The van der Waals surface area contributed by atoms with E-state index in [1.54, 1.807) is 11.9 Å². The van der Waals surface area contributed by atoms with Gasteiger partial charge in [-0.2, -0.15) is 5.26 Å². The molecule has 1 atom stereocenters. The summed E-state index contributed by atoms with van der Waals surface area (Å²) in [5, 5.41) is 9.04. The number of hydrogen-bond donors (Lipinski definition) is 0. The van der Waals surface area contributed by atoms with Crippen LogP contribution in [-0.2, 0) is 0 Å². The number of nitrogens with zero attached hydrogens (tertiary/aromatic N) is 3. The number of ether oxygens (including phenoxy) is 1. The number of benzene rings is 1. The fourth-order valence-corrected chi connectivity index (χ4v) is 2.22. The average Bonchev–Trinajstić information content (AvgIpc) is 2.46. The van der Waals surface area contributed by atoms with Crippen molar-refractivity contribution in [2.75, 3.05) is 26.7 Å². The summed E-state index contributed by atoms with van der Waals surface area (Å²) in [6, 6.07) is 6.79. The highest BCUT2D eigenvalue weighted by Gasteiger charge is 2.34. The van der Waals surface area contributed by atoms with Gasteiger partial charge in [-0.1, -0.05) is 12.1 Å². The zero-order chi connectivity index (χ0) is 16.3. The molecule has 0 unspecified atom stereocenters. The number of para-hydroxylation sites is 1. The van der Waals surface area contributed by atoms with E-state index >= 15 is 0 Å². The number of piperazine rings is 1. The van der Waals surface area contributed by atoms with E-state index in [-0.39, 0.29) is 12.1 Å². The van der Waals surface area contributed by atoms with Crippen molar-refractivity contribution in [3.63, 3.8) is 0 Å². The van der Waals surface area contributed by atoms with Crippen molar-refractivity contribution in [1.29, 1.82) is 5.26 Å². The summed E-state index contributed by atoms with van der Waals surface area (Å²) in [5.41, 5.74) is -0.166. The Morgan fingerprint density at radius 3 is 2.68 bits per heavy atom. The molecule has 1 aliphatic rings. The Labute approximate surface area is 125 Å². The van der Waals surface area contributed by atoms with Crippen LogP contribution in [0.3, 0.4) is 0 Å². The van der Waals surface area contributed by atoms with Crippen molar-refractivity contribution in [3.05, 3.63) is 29.8 Å². The summed E-state index contributed by atoms with van der Waals surface area (Å²) in [5.74, 6) is -1.11. The van der Waals surface area contributed by atoms with Crippen LogP contribution in [0.2, 0.25) is 0 Å². The van der Waals surface area contributed by atoms with Crippen LogP contribution in [0, 0.1) is 11.3 Å². The number of alkyl halides is 3. The fraction of sp³-hybridized carbons (Fsp3) is 0.429. The van der Waals surface area contributed by atoms with Gasteiger partial charge in [-0.3, -0.25) is 9.69 Å². The quantitative estimate of drug-likeness (QED) is 0.836. The van der Waals surface area contributed by atoms with Crippen LogP contribution in [0.5, 0.6) is 5.75 Å². The second-order valence-corrected chi connectivity index (χ2v) is 4.92. The standard InChI is InChI=1S/C14H14F3N3O2/c1-19-6-7-20(9-10(19)8-18)13(21)11-4-2-3-5-12(11)22-14(15,16)17/h2-5,10H,6-7,9H2,1H3/t10-/m0/s1. The van der Waals surface area contributed by atoms with Gasteiger partial charge in [-0.05, 0) is 19.2 Å². The van der Waals surface area contributed by atoms with Crippen LogP contribution >= 0.6 is 0 Å². The van der Waals surface area contributed by atoms with Gasteiger partial charge in [0, 0.05) is 19.6 Å². The molecule has 1 aliphatic heterocycles. The Kier molecular flexibility index (Phi) is 4.56. The normalized spacial score (nSPS) is 19.6. The molecule has 118 valence electrons. The Morgan fingerprint density at radius 2 is 2.05 bits per heavy atom. The molecular formula is C14H14F3N3O2. The number of amides is 1. The second kappa shape index (κ2) is 6.23. The lowest BCUT2D eigenvalue weighted by molar-refractivity contribution is -0.274. The molecule has 22 heavy (non-hydrogen) atoms. The lowest BCUT2D eigenvalue weighted by Gasteiger charge is -2.36. The molecule has 2 rings (SSSR count). The summed E-state index contributed by atoms with van der Waals surface area (Å²) < 4.78 is 41.1. The van der Waals surface area contributed by atoms with E-state index in [2.05, 4.69) is 10.8 Å². The molecule has 1 aromatic rings. The van der Waals surface area contributed by atoms with Gasteiger partial charge in [0.1, 0.15) is 11.8 Å². The molecule has 0 radical (unpaired) electrons. The summed E-state index contributed by atoms with van der Waals surface area (Å²) in [6.45, 7) is 0.965. The molecule has 8 heteroatoms. The van der Waals surface area contributed by atoms with Gasteiger partial charge in [0.2, 0.25) is 0 Å². The van der Waals surface area contributed by atoms with E-state index in [0.717, 1.165) is 6.07 Å². The van der Waals surface area contributed by atoms with E-state index < -0.39 is 24.1 Å². The maximum Gasteiger partial charge on any atom is 0.573 e. The van der Waals surface area contributed by atoms with Crippen LogP contribution in [0.25, 0.3) is 0 Å². The summed E-state index contributed by atoms with van der Waals surface area (Å²) in [4.78, 5) is 15.6. The zero-order valence-electron chi connectivity index (χ0n) is 11.8. The number of likely N-dealkylation sites (N-methyl/N-ethyl adjacent to an activating group) is 1. The molecule has 1 saturated heterocycles. The molecule has 0 bridgehead atoms. The van der Waals surface area contributed by atoms with Gasteiger partial charge in [0.25, 0.3) is 5.91 Å². The maximum atomic E-state index is 12.4. The third-order valence-corrected chi connectivity index (χ3v) is 3.43. The lowest BCUT2D eigenvalue weighted by Crippen LogP contribution is -2.52. The Morgan fingerprint density at radius 1 is 1.36 bits per heavy atom. The first-order chi connectivity index (χ1) is 10.3. The van der Waals surface area contributed by atoms with E-state index in [4.69, 9.17) is 5.26 Å². The van der Waals surface area contributed by atoms with Gasteiger partial charge in [-0.25, -0.2) is 0 Å². The SMILES string of the molecule is CN1CCN(C(=O)c2ccccc2OC(F)(F)F)C[C@@H]1C#N. The van der Waals surface area contributed by atoms with Crippen molar-refractivity contribution >= 4 is 5.91 Å². The number of carbonyl (C=O) groups excluding carboxylic acids is 1. The second-order valence-electron chi connectivity index (χ2n) is 4.92. The van der Waals surface area contributed by atoms with Gasteiger partial charge in [0.15, 0.2) is 0 Å². The van der Waals surface area contributed by atoms with Crippen molar-refractivity contribution in [1.82, 2.24) is 9.80 Å². The first-order valence-corrected chi connectivity index (χ1v) is 6.55. The number of hydrogen-bond acceptors (Lipinski definition) is 4. The average molecular weight is 313 g/mol. The zero-order valence-corrected chi connectivity index (χ0v) is 11.8. The first-order valence-electron chi connectivity index (χ1n) is 6.55. The minimum atomic E-state index is -4.87. The number of nitriles is 1. The van der Waals surface area contributed by atoms with Crippen LogP contribution in [0.4, 0.5) is 13.2 Å². The van der Waals surface area contributed by atoms with Gasteiger partial charge >= 0.3 is 6.36 Å². The monoisotopic (exact) mass is 313 g/mol. The predicted molar refractivity (Wildman–Crippen MR) is 71.1 cm³/mol. The topological polar surface area (TPSA) is 56.6 Å². The maximum absolute atomic E-state index is 12.4. The Bertz CT molecular complexity index is 598. The number of rotatable bonds is 2. The highest BCUT2D eigenvalue weighted by Crippen LogP contribution is 2.27. The van der Waals surface area contributed by atoms with Crippen molar-refractivity contribution in [2.45, 2.75) is 12.4 Å². The molecule has 0 N–H and O–H groups in total. The third-order valence-electron chi connectivity index (χ3n) is 3.43. The largest absolute Gasteiger partial charge is 0.573 e. The summed E-state index contributed by atoms with van der Waals surface area (Å²) in [6.07, 6.45) is -4.87. The van der Waals surface area contributed by atoms with Crippen molar-refractivity contribution in [3.8, 4) is 11.8 Å². The highest BCUT2D eigenvalue weighted by atomic mass is 19.4. The van der Waals surface area contributed by atoms with Crippen LogP contribution in [-0.4, -0.2) is 54.8 Å². The van der Waals surface area contributed by atoms with Crippen LogP contribution < -0.4 is 4.74 Å². The first kappa shape index (κ1) is 16.1. The van der Waals surface area contributed by atoms with Crippen molar-refractivity contribution < 1.29 is 22.7 Å². The Hall–Kier alpha value is -2.27. The predicted octanol–water partition coefficient (Wildman–Crippen LogP) is 1.86. The highest BCUT2D eigenvalue weighted by molar-refractivity contribution is 5.97. The van der Waals surface area contributed by atoms with Crippen molar-refractivity contribution in [2.24, 2.45) is 0 Å². The smallest absolute Gasteiger partial charge is 0.405 e. The molecule has 0 aromatic heterocycles. The lowest BCUT2D eigenvalue weighted by atomic mass is 10.1. The molecule has 1 amide bonds. The van der Waals surface area contributed by atoms with Crippen LogP contribution in [0.15, 0.2) is 24.3 Å². The molecule has 5 nitrogen and oxygen atoms in total. The minimum Gasteiger partial charge on any atom is -0.405 e. The fourth-order valence-electron chi connectivity index (χ4n) is 2.22.